The van der Waals surface area contributed by atoms with Gasteiger partial charge >= 0.3 is 0 Å². The van der Waals surface area contributed by atoms with Crippen LogP contribution in [-0.2, 0) is 16.2 Å². The largest absolute Gasteiger partial charge is 0.227 e. The Bertz CT molecular complexity index is 4010. The molecular formula is C74H60N2. The molecule has 0 amide bonds. The molecule has 6 atom stereocenters. The van der Waals surface area contributed by atoms with Gasteiger partial charge in [-0.25, -0.2) is 9.97 Å². The molecular weight excluding hydrogens is 917 g/mol. The Morgan fingerprint density at radius 1 is 0.434 bits per heavy atom. The molecule has 2 nitrogen and oxygen atoms in total. The van der Waals surface area contributed by atoms with Gasteiger partial charge in [0.15, 0.2) is 5.82 Å². The van der Waals surface area contributed by atoms with Gasteiger partial charge < -0.3 is 0 Å². The predicted molar refractivity (Wildman–Crippen MR) is 316 cm³/mol. The SMILES string of the molecule is C=Cc1ccc2c(-c3ccccc3)nc(-c3ccc(-c4ccc5c(c4)C46CCCC7(c8ccccc8-c8ccccc8C)CC8CC(CC(C4)c4ccccc4-5)(c4ccccc4-c4ccccc48)C76)cc3)nc2c1C=C. The van der Waals surface area contributed by atoms with E-state index in [1.807, 2.05) is 12.2 Å². The number of benzene rings is 9. The van der Waals surface area contributed by atoms with Crippen molar-refractivity contribution < 1.29 is 0 Å². The Kier molecular flexibility index (Phi) is 10.2. The molecule has 0 radical (unpaired) electrons. The van der Waals surface area contributed by atoms with Crippen molar-refractivity contribution in [3.63, 3.8) is 0 Å². The quantitative estimate of drug-likeness (QED) is 0.159. The van der Waals surface area contributed by atoms with Crippen LogP contribution in [0.3, 0.4) is 0 Å². The highest BCUT2D eigenvalue weighted by atomic mass is 14.9. The second kappa shape index (κ2) is 17.2. The molecule has 6 unspecified atom stereocenters. The molecule has 3 fully saturated rings. The molecule has 5 aliphatic carbocycles. The van der Waals surface area contributed by atoms with E-state index in [0.29, 0.717) is 23.6 Å². The first-order valence-corrected chi connectivity index (χ1v) is 27.8. The minimum Gasteiger partial charge on any atom is -0.227 e. The fourth-order valence-electron chi connectivity index (χ4n) is 17.0. The van der Waals surface area contributed by atoms with Crippen molar-refractivity contribution in [2.24, 2.45) is 5.92 Å². The minimum atomic E-state index is -0.112. The fraction of sp³-hybridized carbons (Fsp3) is 0.189. The number of rotatable bonds is 7. The molecule has 15 rings (SSSR count). The lowest BCUT2D eigenvalue weighted by molar-refractivity contribution is -0.0728. The summed E-state index contributed by atoms with van der Waals surface area (Å²) in [5, 5.41) is 1.00. The third-order valence-corrected chi connectivity index (χ3v) is 19.5. The molecule has 0 N–H and O–H groups in total. The van der Waals surface area contributed by atoms with Crippen molar-refractivity contribution in [1.29, 1.82) is 0 Å². The Labute approximate surface area is 447 Å². The molecule has 2 spiro atoms. The standard InChI is InChI=1S/C74H60N2/c1-4-48-36-39-64-68(50-21-7-6-8-22-50)75-70(76-69(64)55(48)5-2)51-34-32-49(33-35-51)52-37-38-63-60-27-14-12-25-58(60)54-44-73(67(63)42-52)41-19-40-72(65-30-17-15-28-61(65)56-23-10-9-20-47(56)3)43-53-45-74(46-54,71(72)73)66-31-18-16-29-62(66)59-26-13-11-24-57(53)59/h4-18,20-39,42,53-54,71H,1-2,19,40-41,43-46H2,3H3. The molecule has 5 aliphatic rings. The Morgan fingerprint density at radius 3 is 1.62 bits per heavy atom. The van der Waals surface area contributed by atoms with Gasteiger partial charge in [0.1, 0.15) is 0 Å². The summed E-state index contributed by atoms with van der Waals surface area (Å²) in [5.74, 6) is 1.88. The van der Waals surface area contributed by atoms with Crippen LogP contribution in [0, 0.1) is 12.8 Å². The fourth-order valence-corrected chi connectivity index (χ4v) is 17.0. The summed E-state index contributed by atoms with van der Waals surface area (Å²) in [6, 6.07) is 79.1. The second-order valence-corrected chi connectivity index (χ2v) is 23.0. The number of nitrogens with zero attached hydrogens (tertiary/aromatic N) is 2. The van der Waals surface area contributed by atoms with Crippen LogP contribution in [0.25, 0.3) is 90.2 Å². The van der Waals surface area contributed by atoms with Crippen LogP contribution in [0.2, 0.25) is 0 Å². The molecule has 76 heavy (non-hydrogen) atoms. The van der Waals surface area contributed by atoms with Crippen LogP contribution in [0.5, 0.6) is 0 Å². The maximum Gasteiger partial charge on any atom is 0.160 e. The number of aromatic nitrogens is 2. The van der Waals surface area contributed by atoms with Gasteiger partial charge in [-0.15, -0.1) is 0 Å². The molecule has 1 heterocycles. The zero-order chi connectivity index (χ0) is 50.8. The summed E-state index contributed by atoms with van der Waals surface area (Å²) < 4.78 is 0. The van der Waals surface area contributed by atoms with Gasteiger partial charge in [-0.2, -0.15) is 0 Å². The van der Waals surface area contributed by atoms with E-state index in [4.69, 9.17) is 9.97 Å². The summed E-state index contributed by atoms with van der Waals surface area (Å²) in [4.78, 5) is 10.6. The molecule has 10 aromatic rings. The molecule has 0 saturated heterocycles. The minimum absolute atomic E-state index is 0.0938. The van der Waals surface area contributed by atoms with E-state index in [2.05, 4.69) is 226 Å². The van der Waals surface area contributed by atoms with Gasteiger partial charge in [0.2, 0.25) is 0 Å². The lowest BCUT2D eigenvalue weighted by Crippen LogP contribution is -2.66. The van der Waals surface area contributed by atoms with E-state index in [-0.39, 0.29) is 16.2 Å². The van der Waals surface area contributed by atoms with E-state index >= 15 is 0 Å². The highest BCUT2D eigenvalue weighted by molar-refractivity contribution is 6.00. The maximum absolute atomic E-state index is 5.32. The molecule has 4 bridgehead atoms. The third kappa shape index (κ3) is 6.46. The molecule has 9 aromatic carbocycles. The number of hydrogen-bond acceptors (Lipinski definition) is 2. The first kappa shape index (κ1) is 45.2. The Hall–Kier alpha value is -8.20. The average Bonchev–Trinajstić information content (AvgIpc) is 3.59. The van der Waals surface area contributed by atoms with Crippen molar-refractivity contribution in [3.8, 4) is 67.2 Å². The number of hydrogen-bond donors (Lipinski definition) is 0. The predicted octanol–water partition coefficient (Wildman–Crippen LogP) is 18.9. The summed E-state index contributed by atoms with van der Waals surface area (Å²) in [7, 11) is 0. The van der Waals surface area contributed by atoms with Gasteiger partial charge in [-0.3, -0.25) is 0 Å². The molecule has 366 valence electrons. The van der Waals surface area contributed by atoms with Crippen LogP contribution < -0.4 is 0 Å². The van der Waals surface area contributed by atoms with Crippen molar-refractivity contribution in [2.75, 3.05) is 0 Å². The smallest absolute Gasteiger partial charge is 0.160 e. The molecule has 3 saturated carbocycles. The highest BCUT2D eigenvalue weighted by Crippen LogP contribution is 2.77. The monoisotopic (exact) mass is 976 g/mol. The first-order chi connectivity index (χ1) is 37.4. The number of aryl methyl sites for hydroxylation is 1. The Balaban J connectivity index is 0.956. The lowest BCUT2D eigenvalue weighted by Gasteiger charge is -2.70. The molecule has 2 heteroatoms. The first-order valence-electron chi connectivity index (χ1n) is 27.8. The normalized spacial score (nSPS) is 23.4. The molecule has 1 aromatic heterocycles. The van der Waals surface area contributed by atoms with Gasteiger partial charge in [-0.1, -0.05) is 226 Å². The van der Waals surface area contributed by atoms with Crippen molar-refractivity contribution in [2.45, 2.75) is 80.0 Å². The summed E-state index contributed by atoms with van der Waals surface area (Å²) in [6.45, 7) is 10.6. The van der Waals surface area contributed by atoms with Crippen LogP contribution in [0.1, 0.15) is 101 Å². The zero-order valence-electron chi connectivity index (χ0n) is 43.3. The second-order valence-electron chi connectivity index (χ2n) is 23.0. The van der Waals surface area contributed by atoms with Gasteiger partial charge in [-0.05, 0) is 159 Å². The maximum atomic E-state index is 5.32. The highest BCUT2D eigenvalue weighted by Gasteiger charge is 2.70. The van der Waals surface area contributed by atoms with Gasteiger partial charge in [0, 0.05) is 38.3 Å². The summed E-state index contributed by atoms with van der Waals surface area (Å²) >= 11 is 0. The van der Waals surface area contributed by atoms with E-state index in [0.717, 1.165) is 58.1 Å². The van der Waals surface area contributed by atoms with E-state index in [1.54, 1.807) is 22.3 Å². The van der Waals surface area contributed by atoms with Crippen molar-refractivity contribution in [1.82, 2.24) is 9.97 Å². The third-order valence-electron chi connectivity index (χ3n) is 19.5. The number of fused-ring (bicyclic) bond motifs is 11. The topological polar surface area (TPSA) is 25.8 Å². The van der Waals surface area contributed by atoms with E-state index in [9.17, 15) is 0 Å². The Morgan fingerprint density at radius 2 is 0.961 bits per heavy atom. The molecule has 0 aliphatic heterocycles. The van der Waals surface area contributed by atoms with Gasteiger partial charge in [0.05, 0.1) is 11.2 Å². The van der Waals surface area contributed by atoms with Gasteiger partial charge in [0.25, 0.3) is 0 Å². The zero-order valence-corrected chi connectivity index (χ0v) is 43.3. The van der Waals surface area contributed by atoms with Crippen LogP contribution >= 0.6 is 0 Å². The van der Waals surface area contributed by atoms with Crippen LogP contribution in [0.4, 0.5) is 0 Å². The van der Waals surface area contributed by atoms with E-state index < -0.39 is 0 Å². The average molecular weight is 977 g/mol. The van der Waals surface area contributed by atoms with Crippen molar-refractivity contribution >= 4 is 23.1 Å². The lowest BCUT2D eigenvalue weighted by atomic mass is 9.33. The van der Waals surface area contributed by atoms with E-state index in [1.165, 1.54) is 81.3 Å². The van der Waals surface area contributed by atoms with Crippen LogP contribution in [0.15, 0.2) is 219 Å². The summed E-state index contributed by atoms with van der Waals surface area (Å²) in [5.41, 5.74) is 25.7. The van der Waals surface area contributed by atoms with Crippen molar-refractivity contribution in [3.05, 3.63) is 264 Å². The summed E-state index contributed by atoms with van der Waals surface area (Å²) in [6.07, 6.45) is 12.0. The van der Waals surface area contributed by atoms with Crippen LogP contribution in [-0.4, -0.2) is 9.97 Å².